The van der Waals surface area contributed by atoms with Gasteiger partial charge in [0.1, 0.15) is 12.7 Å². The van der Waals surface area contributed by atoms with Gasteiger partial charge in [0.25, 0.3) is 0 Å². The topological polar surface area (TPSA) is 30.5 Å². The third-order valence-electron chi connectivity index (χ3n) is 3.24. The molecule has 0 fully saturated rings. The van der Waals surface area contributed by atoms with Crippen molar-refractivity contribution < 1.29 is 9.47 Å². The van der Waals surface area contributed by atoms with Gasteiger partial charge in [0.15, 0.2) is 11.5 Å². The Morgan fingerprint density at radius 3 is 2.72 bits per heavy atom. The van der Waals surface area contributed by atoms with Crippen molar-refractivity contribution in [2.75, 3.05) is 13.2 Å². The molecule has 1 aromatic rings. The lowest BCUT2D eigenvalue weighted by Crippen LogP contribution is -2.48. The Labute approximate surface area is 109 Å². The lowest BCUT2D eigenvalue weighted by molar-refractivity contribution is 0.0593. The van der Waals surface area contributed by atoms with Gasteiger partial charge in [0.2, 0.25) is 0 Å². The molecule has 3 heteroatoms. The third kappa shape index (κ3) is 3.16. The number of hydrogen-bond acceptors (Lipinski definition) is 3. The van der Waals surface area contributed by atoms with E-state index in [-0.39, 0.29) is 6.10 Å². The molecule has 1 aromatic carbocycles. The lowest BCUT2D eigenvalue weighted by atomic mass is 10.1. The van der Waals surface area contributed by atoms with E-state index >= 15 is 0 Å². The Balaban J connectivity index is 2.00. The van der Waals surface area contributed by atoms with Crippen molar-refractivity contribution in [1.82, 2.24) is 5.32 Å². The van der Waals surface area contributed by atoms with Crippen LogP contribution in [0.5, 0.6) is 11.5 Å². The zero-order valence-corrected chi connectivity index (χ0v) is 11.3. The minimum atomic E-state index is 0.117. The summed E-state index contributed by atoms with van der Waals surface area (Å²) in [5.41, 5.74) is 0. The second-order valence-electron chi connectivity index (χ2n) is 4.76. The molecule has 0 amide bonds. The zero-order valence-electron chi connectivity index (χ0n) is 11.3. The van der Waals surface area contributed by atoms with Crippen molar-refractivity contribution in [2.45, 2.75) is 45.3 Å². The van der Waals surface area contributed by atoms with E-state index in [0.717, 1.165) is 37.3 Å². The summed E-state index contributed by atoms with van der Waals surface area (Å²) in [7, 11) is 0. The van der Waals surface area contributed by atoms with E-state index in [4.69, 9.17) is 9.47 Å². The van der Waals surface area contributed by atoms with Crippen molar-refractivity contribution in [3.8, 4) is 11.5 Å². The molecule has 1 N–H and O–H groups in total. The van der Waals surface area contributed by atoms with E-state index in [0.29, 0.717) is 12.6 Å². The van der Waals surface area contributed by atoms with Crippen molar-refractivity contribution in [3.63, 3.8) is 0 Å². The maximum Gasteiger partial charge on any atom is 0.161 e. The van der Waals surface area contributed by atoms with Crippen molar-refractivity contribution >= 4 is 0 Å². The first kappa shape index (κ1) is 13.2. The maximum absolute atomic E-state index is 6.06. The minimum absolute atomic E-state index is 0.117. The molecular formula is C15H23NO2. The average Bonchev–Trinajstić information content (AvgIpc) is 2.43. The molecule has 1 aliphatic rings. The van der Waals surface area contributed by atoms with Crippen LogP contribution in [0.3, 0.4) is 0 Å². The largest absolute Gasteiger partial charge is 0.486 e. The van der Waals surface area contributed by atoms with Gasteiger partial charge in [-0.25, -0.2) is 0 Å². The minimum Gasteiger partial charge on any atom is -0.486 e. The van der Waals surface area contributed by atoms with Crippen LogP contribution in [0.15, 0.2) is 24.3 Å². The molecule has 1 aliphatic heterocycles. The second kappa shape index (κ2) is 6.64. The summed E-state index contributed by atoms with van der Waals surface area (Å²) in [6, 6.07) is 8.27. The summed E-state index contributed by atoms with van der Waals surface area (Å²) in [4.78, 5) is 0. The van der Waals surface area contributed by atoms with E-state index in [2.05, 4.69) is 19.2 Å². The van der Waals surface area contributed by atoms with E-state index in [1.54, 1.807) is 0 Å². The van der Waals surface area contributed by atoms with Crippen LogP contribution in [0.2, 0.25) is 0 Å². The van der Waals surface area contributed by atoms with Gasteiger partial charge < -0.3 is 14.8 Å². The first-order chi connectivity index (χ1) is 8.85. The van der Waals surface area contributed by atoms with Gasteiger partial charge in [-0.05, 0) is 31.5 Å². The van der Waals surface area contributed by atoms with E-state index < -0.39 is 0 Å². The van der Waals surface area contributed by atoms with Gasteiger partial charge >= 0.3 is 0 Å². The highest BCUT2D eigenvalue weighted by atomic mass is 16.6. The SMILES string of the molecule is CCCNC(CCC)C1COc2ccccc2O1. The van der Waals surface area contributed by atoms with E-state index in [9.17, 15) is 0 Å². The van der Waals surface area contributed by atoms with Crippen molar-refractivity contribution in [2.24, 2.45) is 0 Å². The normalized spacial score (nSPS) is 19.6. The zero-order chi connectivity index (χ0) is 12.8. The molecular weight excluding hydrogens is 226 g/mol. The van der Waals surface area contributed by atoms with Gasteiger partial charge in [-0.1, -0.05) is 32.4 Å². The number of hydrogen-bond donors (Lipinski definition) is 1. The summed E-state index contributed by atoms with van der Waals surface area (Å²) in [6.45, 7) is 6.06. The Morgan fingerprint density at radius 2 is 2.00 bits per heavy atom. The highest BCUT2D eigenvalue weighted by Gasteiger charge is 2.27. The van der Waals surface area contributed by atoms with Crippen LogP contribution in [0.1, 0.15) is 33.1 Å². The molecule has 2 rings (SSSR count). The molecule has 3 nitrogen and oxygen atoms in total. The van der Waals surface area contributed by atoms with Crippen LogP contribution in [-0.4, -0.2) is 25.3 Å². The Bertz CT molecular complexity index is 367. The van der Waals surface area contributed by atoms with Gasteiger partial charge in [-0.3, -0.25) is 0 Å². The first-order valence-electron chi connectivity index (χ1n) is 6.97. The Kier molecular flexibility index (Phi) is 4.88. The quantitative estimate of drug-likeness (QED) is 0.840. The van der Waals surface area contributed by atoms with Gasteiger partial charge in [0.05, 0.1) is 0 Å². The fourth-order valence-electron chi connectivity index (χ4n) is 2.29. The number of para-hydroxylation sites is 2. The molecule has 0 bridgehead atoms. The number of nitrogens with one attached hydrogen (secondary N) is 1. The Morgan fingerprint density at radius 1 is 1.22 bits per heavy atom. The summed E-state index contributed by atoms with van der Waals surface area (Å²) in [6.07, 6.45) is 3.54. The van der Waals surface area contributed by atoms with E-state index in [1.807, 2.05) is 24.3 Å². The predicted octanol–water partition coefficient (Wildman–Crippen LogP) is 2.99. The van der Waals surface area contributed by atoms with Crippen LogP contribution in [0.25, 0.3) is 0 Å². The molecule has 1 heterocycles. The molecule has 0 saturated heterocycles. The lowest BCUT2D eigenvalue weighted by Gasteiger charge is -2.32. The van der Waals surface area contributed by atoms with Crippen LogP contribution in [0, 0.1) is 0 Å². The molecule has 0 aliphatic carbocycles. The van der Waals surface area contributed by atoms with Crippen LogP contribution < -0.4 is 14.8 Å². The number of ether oxygens (including phenoxy) is 2. The first-order valence-corrected chi connectivity index (χ1v) is 6.97. The number of rotatable bonds is 6. The monoisotopic (exact) mass is 249 g/mol. The highest BCUT2D eigenvalue weighted by Crippen LogP contribution is 2.32. The maximum atomic E-state index is 6.06. The molecule has 0 saturated carbocycles. The van der Waals surface area contributed by atoms with Crippen LogP contribution >= 0.6 is 0 Å². The number of fused-ring (bicyclic) bond motifs is 1. The Hall–Kier alpha value is -1.22. The van der Waals surface area contributed by atoms with Gasteiger partial charge in [-0.15, -0.1) is 0 Å². The van der Waals surface area contributed by atoms with Crippen molar-refractivity contribution in [3.05, 3.63) is 24.3 Å². The highest BCUT2D eigenvalue weighted by molar-refractivity contribution is 5.40. The average molecular weight is 249 g/mol. The summed E-state index contributed by atoms with van der Waals surface area (Å²) in [5.74, 6) is 1.73. The molecule has 0 aromatic heterocycles. The fraction of sp³-hybridized carbons (Fsp3) is 0.600. The summed E-state index contributed by atoms with van der Waals surface area (Å²) in [5, 5.41) is 3.57. The van der Waals surface area contributed by atoms with E-state index in [1.165, 1.54) is 0 Å². The van der Waals surface area contributed by atoms with Crippen LogP contribution in [0.4, 0.5) is 0 Å². The smallest absolute Gasteiger partial charge is 0.161 e. The van der Waals surface area contributed by atoms with Gasteiger partial charge in [0, 0.05) is 6.04 Å². The molecule has 100 valence electrons. The predicted molar refractivity (Wildman–Crippen MR) is 73.3 cm³/mol. The van der Waals surface area contributed by atoms with Crippen LogP contribution in [-0.2, 0) is 0 Å². The molecule has 2 unspecified atom stereocenters. The summed E-state index contributed by atoms with van der Waals surface area (Å²) < 4.78 is 11.8. The molecule has 0 radical (unpaired) electrons. The summed E-state index contributed by atoms with van der Waals surface area (Å²) >= 11 is 0. The molecule has 2 atom stereocenters. The van der Waals surface area contributed by atoms with Gasteiger partial charge in [-0.2, -0.15) is 0 Å². The third-order valence-corrected chi connectivity index (χ3v) is 3.24. The second-order valence-corrected chi connectivity index (χ2v) is 4.76. The molecule has 0 spiro atoms. The van der Waals surface area contributed by atoms with Crippen molar-refractivity contribution in [1.29, 1.82) is 0 Å². The number of benzene rings is 1. The standard InChI is InChI=1S/C15H23NO2/c1-3-7-12(16-10-4-2)15-11-17-13-8-5-6-9-14(13)18-15/h5-6,8-9,12,15-16H,3-4,7,10-11H2,1-2H3. The molecule has 18 heavy (non-hydrogen) atoms. The fourth-order valence-corrected chi connectivity index (χ4v) is 2.29.